The Morgan fingerprint density at radius 3 is 2.70 bits per heavy atom. The molecule has 1 fully saturated rings. The highest BCUT2D eigenvalue weighted by atomic mass is 32.2. The third-order valence-electron chi connectivity index (χ3n) is 4.15. The highest BCUT2D eigenvalue weighted by Crippen LogP contribution is 2.38. The highest BCUT2D eigenvalue weighted by Gasteiger charge is 2.31. The number of ether oxygens (including phenoxy) is 1. The van der Waals surface area contributed by atoms with Crippen LogP contribution in [-0.4, -0.2) is 23.3 Å². The molecule has 0 aromatic heterocycles. The quantitative estimate of drug-likeness (QED) is 0.819. The number of hydrogen-bond acceptors (Lipinski definition) is 3. The van der Waals surface area contributed by atoms with E-state index in [0.29, 0.717) is 6.61 Å². The molecule has 3 nitrogen and oxygen atoms in total. The monoisotopic (exact) mass is 327 g/mol. The number of rotatable bonds is 3. The van der Waals surface area contributed by atoms with Crippen molar-refractivity contribution >= 4 is 17.9 Å². The minimum absolute atomic E-state index is 0.0533. The van der Waals surface area contributed by atoms with E-state index in [1.807, 2.05) is 35.2 Å². The van der Waals surface area contributed by atoms with Crippen molar-refractivity contribution in [2.45, 2.75) is 25.8 Å². The molecule has 120 valence electrons. The van der Waals surface area contributed by atoms with Crippen molar-refractivity contribution in [3.63, 3.8) is 0 Å². The molecule has 0 radical (unpaired) electrons. The van der Waals surface area contributed by atoms with Gasteiger partial charge in [-0.25, -0.2) is 4.79 Å². The molecule has 1 amide bonds. The van der Waals surface area contributed by atoms with Crippen LogP contribution in [0.5, 0.6) is 0 Å². The van der Waals surface area contributed by atoms with E-state index in [0.717, 1.165) is 17.9 Å². The van der Waals surface area contributed by atoms with E-state index in [-0.39, 0.29) is 11.5 Å². The minimum atomic E-state index is -0.234. The van der Waals surface area contributed by atoms with E-state index in [1.165, 1.54) is 16.7 Å². The number of carbonyl (C=O) groups excluding carboxylic acids is 1. The first-order valence-electron chi connectivity index (χ1n) is 7.81. The molecule has 0 N–H and O–H groups in total. The summed E-state index contributed by atoms with van der Waals surface area (Å²) in [6.45, 7) is 5.26. The van der Waals surface area contributed by atoms with Gasteiger partial charge in [-0.05, 0) is 36.1 Å². The largest absolute Gasteiger partial charge is 0.445 e. The topological polar surface area (TPSA) is 29.5 Å². The maximum absolute atomic E-state index is 12.4. The van der Waals surface area contributed by atoms with Crippen molar-refractivity contribution < 1.29 is 9.53 Å². The predicted octanol–water partition coefficient (Wildman–Crippen LogP) is 4.69. The number of benzene rings is 2. The smallest absolute Gasteiger partial charge is 0.411 e. The normalized spacial score (nSPS) is 17.3. The first kappa shape index (κ1) is 15.9. The lowest BCUT2D eigenvalue weighted by molar-refractivity contribution is 0.0972. The predicted molar refractivity (Wildman–Crippen MR) is 94.4 cm³/mol. The Hall–Kier alpha value is -1.94. The summed E-state index contributed by atoms with van der Waals surface area (Å²) in [7, 11) is 0. The summed E-state index contributed by atoms with van der Waals surface area (Å²) in [6.07, 6.45) is -0.234. The number of nitrogens with zero attached hydrogens (tertiary/aromatic N) is 1. The van der Waals surface area contributed by atoms with Crippen molar-refractivity contribution in [2.24, 2.45) is 0 Å². The van der Waals surface area contributed by atoms with Crippen molar-refractivity contribution in [3.05, 3.63) is 70.8 Å². The summed E-state index contributed by atoms with van der Waals surface area (Å²) in [6, 6.07) is 16.2. The van der Waals surface area contributed by atoms with Gasteiger partial charge in [-0.15, -0.1) is 11.8 Å². The van der Waals surface area contributed by atoms with Crippen LogP contribution in [0, 0.1) is 13.8 Å². The zero-order valence-corrected chi connectivity index (χ0v) is 14.3. The molecule has 0 saturated carbocycles. The van der Waals surface area contributed by atoms with E-state index in [1.54, 1.807) is 11.8 Å². The number of thioether (sulfide) groups is 1. The molecule has 0 spiro atoms. The van der Waals surface area contributed by atoms with Crippen molar-refractivity contribution in [1.29, 1.82) is 0 Å². The molecule has 2 aromatic rings. The fourth-order valence-electron chi connectivity index (χ4n) is 2.65. The van der Waals surface area contributed by atoms with E-state index < -0.39 is 0 Å². The summed E-state index contributed by atoms with van der Waals surface area (Å²) in [4.78, 5) is 14.3. The van der Waals surface area contributed by atoms with Crippen LogP contribution in [0.15, 0.2) is 48.5 Å². The van der Waals surface area contributed by atoms with Crippen LogP contribution < -0.4 is 0 Å². The Morgan fingerprint density at radius 2 is 1.96 bits per heavy atom. The second kappa shape index (κ2) is 7.09. The van der Waals surface area contributed by atoms with Gasteiger partial charge in [-0.1, -0.05) is 48.5 Å². The van der Waals surface area contributed by atoms with Crippen LogP contribution in [0.3, 0.4) is 0 Å². The van der Waals surface area contributed by atoms with Gasteiger partial charge in [-0.2, -0.15) is 0 Å². The summed E-state index contributed by atoms with van der Waals surface area (Å²) in [5.74, 6) is 0.942. The molecule has 1 heterocycles. The van der Waals surface area contributed by atoms with Crippen LogP contribution >= 0.6 is 11.8 Å². The highest BCUT2D eigenvalue weighted by molar-refractivity contribution is 7.99. The number of aryl methyl sites for hydroxylation is 2. The van der Waals surface area contributed by atoms with Crippen LogP contribution in [0.25, 0.3) is 0 Å². The molecule has 1 unspecified atom stereocenters. The van der Waals surface area contributed by atoms with E-state index in [9.17, 15) is 4.79 Å². The molecule has 1 atom stereocenters. The molecule has 23 heavy (non-hydrogen) atoms. The molecule has 1 aliphatic rings. The van der Waals surface area contributed by atoms with Gasteiger partial charge in [-0.3, -0.25) is 4.90 Å². The number of carbonyl (C=O) groups is 1. The van der Waals surface area contributed by atoms with Crippen molar-refractivity contribution in [1.82, 2.24) is 4.90 Å². The van der Waals surface area contributed by atoms with Gasteiger partial charge in [0.25, 0.3) is 0 Å². The lowest BCUT2D eigenvalue weighted by atomic mass is 10.1. The Kier molecular flexibility index (Phi) is 4.91. The number of hydrogen-bond donors (Lipinski definition) is 0. The summed E-state index contributed by atoms with van der Waals surface area (Å²) in [5.41, 5.74) is 4.71. The van der Waals surface area contributed by atoms with Gasteiger partial charge in [0.1, 0.15) is 12.0 Å². The average molecular weight is 327 g/mol. The lowest BCUT2D eigenvalue weighted by Crippen LogP contribution is -2.31. The fraction of sp³-hybridized carbons (Fsp3) is 0.316. The summed E-state index contributed by atoms with van der Waals surface area (Å²) in [5, 5.41) is 0.0533. The van der Waals surface area contributed by atoms with E-state index in [4.69, 9.17) is 4.74 Å². The third-order valence-corrected chi connectivity index (χ3v) is 5.41. The van der Waals surface area contributed by atoms with Gasteiger partial charge in [0, 0.05) is 12.3 Å². The second-order valence-corrected chi connectivity index (χ2v) is 6.99. The maximum Gasteiger partial charge on any atom is 0.411 e. The molecule has 2 aromatic carbocycles. The van der Waals surface area contributed by atoms with E-state index in [2.05, 4.69) is 32.0 Å². The summed E-state index contributed by atoms with van der Waals surface area (Å²) < 4.78 is 5.49. The molecule has 3 rings (SSSR count). The van der Waals surface area contributed by atoms with Crippen molar-refractivity contribution in [2.75, 3.05) is 12.3 Å². The second-order valence-electron chi connectivity index (χ2n) is 5.80. The molecular weight excluding hydrogens is 306 g/mol. The standard InChI is InChI=1S/C19H21NO2S/c1-14-8-9-17(12-15(14)2)18-20(10-11-23-18)19(21)22-13-16-6-4-3-5-7-16/h3-9,12,18H,10-11,13H2,1-2H3. The Morgan fingerprint density at radius 1 is 1.17 bits per heavy atom. The first-order valence-corrected chi connectivity index (χ1v) is 8.86. The van der Waals surface area contributed by atoms with Crippen LogP contribution in [0.2, 0.25) is 0 Å². The molecule has 0 bridgehead atoms. The molecule has 1 aliphatic heterocycles. The van der Waals surface area contributed by atoms with Crippen LogP contribution in [0.4, 0.5) is 4.79 Å². The Balaban J connectivity index is 1.68. The van der Waals surface area contributed by atoms with Crippen LogP contribution in [-0.2, 0) is 11.3 Å². The molecule has 1 saturated heterocycles. The first-order chi connectivity index (χ1) is 11.1. The maximum atomic E-state index is 12.4. The van der Waals surface area contributed by atoms with Gasteiger partial charge in [0.05, 0.1) is 0 Å². The minimum Gasteiger partial charge on any atom is -0.445 e. The molecular formula is C19H21NO2S. The van der Waals surface area contributed by atoms with E-state index >= 15 is 0 Å². The third kappa shape index (κ3) is 3.70. The SMILES string of the molecule is Cc1ccc(C2SCCN2C(=O)OCc2ccccc2)cc1C. The van der Waals surface area contributed by atoms with Gasteiger partial charge >= 0.3 is 6.09 Å². The fourth-order valence-corrected chi connectivity index (χ4v) is 3.89. The van der Waals surface area contributed by atoms with Gasteiger partial charge < -0.3 is 4.74 Å². The van der Waals surface area contributed by atoms with Gasteiger partial charge in [0.15, 0.2) is 0 Å². The number of amides is 1. The van der Waals surface area contributed by atoms with Gasteiger partial charge in [0.2, 0.25) is 0 Å². The lowest BCUT2D eigenvalue weighted by Gasteiger charge is -2.24. The Bertz CT molecular complexity index is 687. The average Bonchev–Trinajstić information content (AvgIpc) is 3.06. The Labute approximate surface area is 141 Å². The van der Waals surface area contributed by atoms with Crippen LogP contribution in [0.1, 0.15) is 27.6 Å². The molecule has 4 heteroatoms. The zero-order chi connectivity index (χ0) is 16.2. The summed E-state index contributed by atoms with van der Waals surface area (Å²) >= 11 is 1.79. The molecule has 0 aliphatic carbocycles. The van der Waals surface area contributed by atoms with Crippen molar-refractivity contribution in [3.8, 4) is 0 Å². The zero-order valence-electron chi connectivity index (χ0n) is 13.5.